The monoisotopic (exact) mass is 332 g/mol. The third kappa shape index (κ3) is 10.3. The summed E-state index contributed by atoms with van der Waals surface area (Å²) in [6.07, 6.45) is 1.17. The fourth-order valence-corrected chi connectivity index (χ4v) is 1.77. The van der Waals surface area contributed by atoms with Gasteiger partial charge in [0.1, 0.15) is 19.8 Å². The molecule has 1 atom stereocenters. The molecule has 0 rings (SSSR count). The van der Waals surface area contributed by atoms with Crippen molar-refractivity contribution < 1.29 is 28.3 Å². The maximum absolute atomic E-state index is 12.2. The second-order valence-corrected chi connectivity index (χ2v) is 7.63. The van der Waals surface area contributed by atoms with Gasteiger partial charge in [0.2, 0.25) is 0 Å². The van der Waals surface area contributed by atoms with Crippen molar-refractivity contribution in [1.82, 2.24) is 0 Å². The number of carbonyl (C=O) groups is 2. The van der Waals surface area contributed by atoms with Crippen LogP contribution in [0.25, 0.3) is 0 Å². The van der Waals surface area contributed by atoms with Gasteiger partial charge in [-0.1, -0.05) is 6.92 Å². The molecule has 0 fully saturated rings. The first-order valence-electron chi connectivity index (χ1n) is 8.13. The summed E-state index contributed by atoms with van der Waals surface area (Å²) >= 11 is 0. The van der Waals surface area contributed by atoms with E-state index in [0.717, 1.165) is 11.0 Å². The number of likely N-dealkylation sites (N-methyl/N-ethyl adjacent to an activating group) is 1. The van der Waals surface area contributed by atoms with Crippen molar-refractivity contribution in [1.29, 1.82) is 0 Å². The molecule has 0 aliphatic rings. The van der Waals surface area contributed by atoms with Crippen molar-refractivity contribution in [3.05, 3.63) is 0 Å². The van der Waals surface area contributed by atoms with Gasteiger partial charge in [0, 0.05) is 7.11 Å². The molecule has 136 valence electrons. The van der Waals surface area contributed by atoms with Gasteiger partial charge >= 0.3 is 11.9 Å². The van der Waals surface area contributed by atoms with E-state index in [1.807, 2.05) is 20.8 Å². The molecule has 0 amide bonds. The normalized spacial score (nSPS) is 13.5. The highest BCUT2D eigenvalue weighted by Crippen LogP contribution is 2.27. The van der Waals surface area contributed by atoms with Gasteiger partial charge in [-0.3, -0.25) is 9.59 Å². The Morgan fingerprint density at radius 2 is 1.65 bits per heavy atom. The minimum absolute atomic E-state index is 0.217. The predicted molar refractivity (Wildman–Crippen MR) is 88.9 cm³/mol. The largest absolute Gasteiger partial charge is 0.463 e. The van der Waals surface area contributed by atoms with Crippen molar-refractivity contribution in [3.8, 4) is 0 Å². The first-order valence-corrected chi connectivity index (χ1v) is 8.13. The Hall–Kier alpha value is -1.14. The van der Waals surface area contributed by atoms with E-state index in [1.165, 1.54) is 0 Å². The second kappa shape index (κ2) is 9.88. The van der Waals surface area contributed by atoms with Gasteiger partial charge in [0.05, 0.1) is 39.1 Å². The third-order valence-electron chi connectivity index (χ3n) is 3.68. The van der Waals surface area contributed by atoms with Gasteiger partial charge in [-0.2, -0.15) is 0 Å². The summed E-state index contributed by atoms with van der Waals surface area (Å²) in [7, 11) is 7.71. The highest BCUT2D eigenvalue weighted by atomic mass is 16.6. The van der Waals surface area contributed by atoms with Crippen molar-refractivity contribution >= 4 is 11.9 Å². The molecule has 0 aromatic carbocycles. The molecule has 0 aromatic heterocycles. The Morgan fingerprint density at radius 3 is 2.17 bits per heavy atom. The van der Waals surface area contributed by atoms with E-state index >= 15 is 0 Å². The standard InChI is InChI=1S/C17H34NO5/c1-14(15(19)22-13-12-21-7)8-9-17(2,3)16(20)23-11-10-18(4,5)6/h14H,8-13H2,1-7H3/q+1. The zero-order chi connectivity index (χ0) is 18.1. The van der Waals surface area contributed by atoms with Crippen LogP contribution in [0.15, 0.2) is 0 Å². The quantitative estimate of drug-likeness (QED) is 0.328. The zero-order valence-electron chi connectivity index (χ0n) is 15.8. The molecule has 0 radical (unpaired) electrons. The van der Waals surface area contributed by atoms with Gasteiger partial charge in [-0.25, -0.2) is 0 Å². The van der Waals surface area contributed by atoms with Gasteiger partial charge < -0.3 is 18.7 Å². The SMILES string of the molecule is COCCOC(=O)C(C)CCC(C)(C)C(=O)OCC[N+](C)(C)C. The fourth-order valence-electron chi connectivity index (χ4n) is 1.77. The molecule has 1 unspecified atom stereocenters. The van der Waals surface area contributed by atoms with Crippen LogP contribution in [0.5, 0.6) is 0 Å². The average molecular weight is 332 g/mol. The molecule has 0 saturated carbocycles. The Kier molecular flexibility index (Phi) is 9.39. The van der Waals surface area contributed by atoms with Crippen LogP contribution in [-0.2, 0) is 23.8 Å². The molecule has 6 heteroatoms. The molecular formula is C17H34NO5+. The first kappa shape index (κ1) is 21.9. The number of rotatable bonds is 11. The molecular weight excluding hydrogens is 298 g/mol. The zero-order valence-corrected chi connectivity index (χ0v) is 15.8. The third-order valence-corrected chi connectivity index (χ3v) is 3.68. The van der Waals surface area contributed by atoms with Gasteiger partial charge in [0.25, 0.3) is 0 Å². The molecule has 0 spiro atoms. The molecule has 6 nitrogen and oxygen atoms in total. The first-order chi connectivity index (χ1) is 10.5. The summed E-state index contributed by atoms with van der Waals surface area (Å²) in [6.45, 7) is 7.34. The Balaban J connectivity index is 4.19. The highest BCUT2D eigenvalue weighted by molar-refractivity contribution is 5.76. The summed E-state index contributed by atoms with van der Waals surface area (Å²) in [4.78, 5) is 24.0. The Labute approximate surface area is 140 Å². The minimum Gasteiger partial charge on any atom is -0.463 e. The number of methoxy groups -OCH3 is 1. The van der Waals surface area contributed by atoms with E-state index in [9.17, 15) is 9.59 Å². The smallest absolute Gasteiger partial charge is 0.311 e. The maximum atomic E-state index is 12.2. The second-order valence-electron chi connectivity index (χ2n) is 7.63. The summed E-state index contributed by atoms with van der Waals surface area (Å²) in [6, 6.07) is 0. The van der Waals surface area contributed by atoms with E-state index in [-0.39, 0.29) is 24.5 Å². The summed E-state index contributed by atoms with van der Waals surface area (Å²) in [5.74, 6) is -0.715. The van der Waals surface area contributed by atoms with E-state index in [0.29, 0.717) is 26.1 Å². The van der Waals surface area contributed by atoms with Crippen LogP contribution in [0.2, 0.25) is 0 Å². The molecule has 0 N–H and O–H groups in total. The van der Waals surface area contributed by atoms with E-state index in [1.54, 1.807) is 7.11 Å². The molecule has 0 aromatic rings. The number of nitrogens with zero attached hydrogens (tertiary/aromatic N) is 1. The van der Waals surface area contributed by atoms with Gasteiger partial charge in [-0.05, 0) is 26.7 Å². The lowest BCUT2D eigenvalue weighted by Gasteiger charge is -2.26. The molecule has 0 saturated heterocycles. The van der Waals surface area contributed by atoms with Crippen molar-refractivity contribution in [2.75, 3.05) is 54.6 Å². The average Bonchev–Trinajstić information content (AvgIpc) is 2.43. The predicted octanol–water partition coefficient (Wildman–Crippen LogP) is 1.87. The summed E-state index contributed by atoms with van der Waals surface area (Å²) < 4.78 is 16.0. The molecule has 0 aliphatic carbocycles. The number of carbonyl (C=O) groups excluding carboxylic acids is 2. The Bertz CT molecular complexity index is 374. The van der Waals surface area contributed by atoms with Crippen LogP contribution in [-0.4, -0.2) is 71.0 Å². The van der Waals surface area contributed by atoms with Crippen LogP contribution in [0.3, 0.4) is 0 Å². The van der Waals surface area contributed by atoms with Crippen LogP contribution < -0.4 is 0 Å². The number of hydrogen-bond donors (Lipinski definition) is 0. The van der Waals surface area contributed by atoms with Crippen molar-refractivity contribution in [2.45, 2.75) is 33.6 Å². The number of ether oxygens (including phenoxy) is 3. The summed E-state index contributed by atoms with van der Waals surface area (Å²) in [5, 5.41) is 0. The van der Waals surface area contributed by atoms with Crippen LogP contribution in [0, 0.1) is 11.3 Å². The fraction of sp³-hybridized carbons (Fsp3) is 0.882. The van der Waals surface area contributed by atoms with Crippen molar-refractivity contribution in [3.63, 3.8) is 0 Å². The highest BCUT2D eigenvalue weighted by Gasteiger charge is 2.31. The van der Waals surface area contributed by atoms with Gasteiger partial charge in [-0.15, -0.1) is 0 Å². The summed E-state index contributed by atoms with van der Waals surface area (Å²) in [5.41, 5.74) is -0.605. The maximum Gasteiger partial charge on any atom is 0.311 e. The molecule has 0 aliphatic heterocycles. The van der Waals surface area contributed by atoms with E-state index in [2.05, 4.69) is 21.1 Å². The van der Waals surface area contributed by atoms with Crippen LogP contribution in [0.1, 0.15) is 33.6 Å². The lowest BCUT2D eigenvalue weighted by Crippen LogP contribution is -2.39. The van der Waals surface area contributed by atoms with Crippen LogP contribution in [0.4, 0.5) is 0 Å². The number of hydrogen-bond acceptors (Lipinski definition) is 5. The number of quaternary nitrogens is 1. The number of esters is 2. The molecule has 23 heavy (non-hydrogen) atoms. The lowest BCUT2D eigenvalue weighted by molar-refractivity contribution is -0.870. The topological polar surface area (TPSA) is 61.8 Å². The van der Waals surface area contributed by atoms with E-state index < -0.39 is 5.41 Å². The van der Waals surface area contributed by atoms with E-state index in [4.69, 9.17) is 14.2 Å². The minimum atomic E-state index is -0.605. The van der Waals surface area contributed by atoms with Crippen molar-refractivity contribution in [2.24, 2.45) is 11.3 Å². The Morgan fingerprint density at radius 1 is 1.04 bits per heavy atom. The van der Waals surface area contributed by atoms with Crippen LogP contribution >= 0.6 is 0 Å². The molecule has 0 heterocycles. The lowest BCUT2D eigenvalue weighted by atomic mass is 9.85. The molecule has 0 bridgehead atoms. The van der Waals surface area contributed by atoms with Gasteiger partial charge in [0.15, 0.2) is 0 Å².